The lowest BCUT2D eigenvalue weighted by molar-refractivity contribution is 0.507. The second-order valence-corrected chi connectivity index (χ2v) is 7.56. The van der Waals surface area contributed by atoms with Gasteiger partial charge >= 0.3 is 0 Å². The lowest BCUT2D eigenvalue weighted by atomic mass is 10.1. The number of nitrogens with zero attached hydrogens (tertiary/aromatic N) is 5. The lowest BCUT2D eigenvalue weighted by Crippen LogP contribution is -2.18. The Labute approximate surface area is 200 Å². The molecule has 10 heteroatoms. The summed E-state index contributed by atoms with van der Waals surface area (Å²) in [4.78, 5) is 16.9. The van der Waals surface area contributed by atoms with Gasteiger partial charge in [0, 0.05) is 18.3 Å². The van der Waals surface area contributed by atoms with Gasteiger partial charge < -0.3 is 16.8 Å². The maximum Gasteiger partial charge on any atom is 0.159 e. The van der Waals surface area contributed by atoms with E-state index < -0.39 is 11.6 Å². The molecule has 2 heterocycles. The molecule has 0 radical (unpaired) electrons. The van der Waals surface area contributed by atoms with Crippen LogP contribution >= 0.6 is 0 Å². The van der Waals surface area contributed by atoms with Crippen molar-refractivity contribution >= 4 is 17.5 Å². The Morgan fingerprint density at radius 3 is 2.40 bits per heavy atom. The molecular formula is C25H20F2N8. The van der Waals surface area contributed by atoms with Crippen molar-refractivity contribution < 1.29 is 8.78 Å². The fourth-order valence-corrected chi connectivity index (χ4v) is 3.23. The molecule has 0 spiro atoms. The van der Waals surface area contributed by atoms with Crippen LogP contribution in [0.5, 0.6) is 0 Å². The summed E-state index contributed by atoms with van der Waals surface area (Å²) in [7, 11) is 0. The molecule has 0 fully saturated rings. The fourth-order valence-electron chi connectivity index (χ4n) is 3.23. The van der Waals surface area contributed by atoms with E-state index >= 15 is 0 Å². The molecule has 0 amide bonds. The number of aromatic nitrogens is 3. The van der Waals surface area contributed by atoms with Crippen LogP contribution in [0.4, 0.5) is 20.4 Å². The summed E-state index contributed by atoms with van der Waals surface area (Å²) >= 11 is 0. The van der Waals surface area contributed by atoms with E-state index in [-0.39, 0.29) is 12.4 Å². The first-order valence-electron chi connectivity index (χ1n) is 10.5. The molecule has 4 rings (SSSR count). The number of pyridine rings is 1. The molecule has 0 aliphatic heterocycles. The van der Waals surface area contributed by atoms with Gasteiger partial charge in [-0.05, 0) is 29.3 Å². The summed E-state index contributed by atoms with van der Waals surface area (Å²) in [5, 5.41) is 12.5. The number of anilines is 2. The minimum Gasteiger partial charge on any atom is -0.383 e. The van der Waals surface area contributed by atoms with Crippen LogP contribution in [0.3, 0.4) is 0 Å². The number of aliphatic imine (C=N–C) groups is 1. The zero-order chi connectivity index (χ0) is 24.8. The maximum atomic E-state index is 13.5. The van der Waals surface area contributed by atoms with Crippen LogP contribution < -0.4 is 16.8 Å². The topological polar surface area (TPSA) is 139 Å². The van der Waals surface area contributed by atoms with Gasteiger partial charge in [-0.25, -0.2) is 18.7 Å². The van der Waals surface area contributed by atoms with Crippen molar-refractivity contribution in [3.05, 3.63) is 101 Å². The molecule has 8 nitrogen and oxygen atoms in total. The van der Waals surface area contributed by atoms with E-state index in [9.17, 15) is 14.0 Å². The first kappa shape index (κ1) is 23.3. The van der Waals surface area contributed by atoms with E-state index in [0.717, 1.165) is 23.3 Å². The Kier molecular flexibility index (Phi) is 6.88. The number of rotatable bonds is 7. The molecule has 0 saturated heterocycles. The smallest absolute Gasteiger partial charge is 0.159 e. The Morgan fingerprint density at radius 2 is 1.71 bits per heavy atom. The SMILES string of the molecule is N#Cc1cnc(NCc2ccc(-c3cnc(N)cn3)cc2)c(C(N)=NCc2ccc(F)c(F)c2)c1. The van der Waals surface area contributed by atoms with Gasteiger partial charge in [0.05, 0.1) is 35.8 Å². The van der Waals surface area contributed by atoms with Gasteiger partial charge in [0.25, 0.3) is 0 Å². The van der Waals surface area contributed by atoms with E-state index in [0.29, 0.717) is 40.6 Å². The average Bonchev–Trinajstić information content (AvgIpc) is 2.88. The highest BCUT2D eigenvalue weighted by molar-refractivity contribution is 6.01. The summed E-state index contributed by atoms with van der Waals surface area (Å²) in [6.07, 6.45) is 4.54. The van der Waals surface area contributed by atoms with Crippen molar-refractivity contribution in [3.63, 3.8) is 0 Å². The third kappa shape index (κ3) is 5.72. The second-order valence-electron chi connectivity index (χ2n) is 7.56. The van der Waals surface area contributed by atoms with Crippen LogP contribution in [-0.4, -0.2) is 20.8 Å². The summed E-state index contributed by atoms with van der Waals surface area (Å²) in [6, 6.07) is 14.8. The van der Waals surface area contributed by atoms with Gasteiger partial charge in [0.2, 0.25) is 0 Å². The fraction of sp³-hybridized carbons (Fsp3) is 0.0800. The molecule has 5 N–H and O–H groups in total. The summed E-state index contributed by atoms with van der Waals surface area (Å²) < 4.78 is 26.6. The molecule has 2 aromatic carbocycles. The number of hydrogen-bond acceptors (Lipinski definition) is 7. The maximum absolute atomic E-state index is 13.5. The molecule has 0 saturated carbocycles. The second kappa shape index (κ2) is 10.4. The standard InChI is InChI=1S/C25H20F2N8/c26-20-6-3-16(8-21(20)27)11-33-24(30)19-7-17(9-28)12-35-25(19)34-10-15-1-4-18(5-2-15)22-13-32-23(29)14-31-22/h1-8,12-14H,10-11H2,(H2,29,32)(H2,30,33)(H,34,35). The first-order chi connectivity index (χ1) is 16.9. The Morgan fingerprint density at radius 1 is 0.943 bits per heavy atom. The largest absolute Gasteiger partial charge is 0.383 e. The highest BCUT2D eigenvalue weighted by Gasteiger charge is 2.11. The van der Waals surface area contributed by atoms with E-state index in [1.165, 1.54) is 18.5 Å². The van der Waals surface area contributed by atoms with E-state index in [1.54, 1.807) is 12.3 Å². The monoisotopic (exact) mass is 470 g/mol. The summed E-state index contributed by atoms with van der Waals surface area (Å²) in [5.74, 6) is -0.991. The van der Waals surface area contributed by atoms with Crippen LogP contribution in [0.25, 0.3) is 11.3 Å². The van der Waals surface area contributed by atoms with E-state index in [1.807, 2.05) is 30.3 Å². The third-order valence-corrected chi connectivity index (χ3v) is 5.09. The lowest BCUT2D eigenvalue weighted by Gasteiger charge is -2.12. The van der Waals surface area contributed by atoms with Crippen molar-refractivity contribution in [2.75, 3.05) is 11.1 Å². The zero-order valence-electron chi connectivity index (χ0n) is 18.4. The first-order valence-corrected chi connectivity index (χ1v) is 10.5. The number of amidine groups is 1. The number of nitriles is 1. The molecule has 0 bridgehead atoms. The highest BCUT2D eigenvalue weighted by atomic mass is 19.2. The number of nitrogen functional groups attached to an aromatic ring is 1. The van der Waals surface area contributed by atoms with Crippen molar-refractivity contribution in [1.29, 1.82) is 5.26 Å². The minimum absolute atomic E-state index is 0.0365. The number of nitrogens with two attached hydrogens (primary N) is 2. The van der Waals surface area contributed by atoms with Crippen molar-refractivity contribution in [3.8, 4) is 17.3 Å². The highest BCUT2D eigenvalue weighted by Crippen LogP contribution is 2.19. The van der Waals surface area contributed by atoms with E-state index in [4.69, 9.17) is 11.5 Å². The van der Waals surface area contributed by atoms with E-state index in [2.05, 4.69) is 25.3 Å². The van der Waals surface area contributed by atoms with Crippen LogP contribution in [0.15, 0.2) is 72.1 Å². The molecular weight excluding hydrogens is 450 g/mol. The molecule has 0 aliphatic carbocycles. The molecule has 0 unspecified atom stereocenters. The molecule has 174 valence electrons. The number of halogens is 2. The van der Waals surface area contributed by atoms with Gasteiger partial charge in [-0.1, -0.05) is 30.3 Å². The van der Waals surface area contributed by atoms with Crippen LogP contribution in [0, 0.1) is 23.0 Å². The van der Waals surface area contributed by atoms with Crippen molar-refractivity contribution in [1.82, 2.24) is 15.0 Å². The minimum atomic E-state index is -0.957. The van der Waals surface area contributed by atoms with Crippen LogP contribution in [0.1, 0.15) is 22.3 Å². The molecule has 2 aromatic heterocycles. The van der Waals surface area contributed by atoms with Crippen molar-refractivity contribution in [2.24, 2.45) is 10.7 Å². The molecule has 4 aromatic rings. The number of nitrogens with one attached hydrogen (secondary N) is 1. The summed E-state index contributed by atoms with van der Waals surface area (Å²) in [5.41, 5.74) is 15.5. The van der Waals surface area contributed by atoms with Crippen LogP contribution in [0.2, 0.25) is 0 Å². The van der Waals surface area contributed by atoms with Crippen LogP contribution in [-0.2, 0) is 13.1 Å². The quantitative estimate of drug-likeness (QED) is 0.276. The summed E-state index contributed by atoms with van der Waals surface area (Å²) in [6.45, 7) is 0.463. The van der Waals surface area contributed by atoms with Gasteiger partial charge in [0.1, 0.15) is 23.5 Å². The van der Waals surface area contributed by atoms with Gasteiger partial charge in [0.15, 0.2) is 11.6 Å². The third-order valence-electron chi connectivity index (χ3n) is 5.09. The molecule has 0 atom stereocenters. The normalized spacial score (nSPS) is 11.2. The number of hydrogen-bond donors (Lipinski definition) is 3. The Hall–Kier alpha value is -4.91. The zero-order valence-corrected chi connectivity index (χ0v) is 18.4. The Bertz CT molecular complexity index is 1410. The predicted molar refractivity (Wildman–Crippen MR) is 129 cm³/mol. The molecule has 35 heavy (non-hydrogen) atoms. The van der Waals surface area contributed by atoms with Crippen molar-refractivity contribution in [2.45, 2.75) is 13.1 Å². The predicted octanol–water partition coefficient (Wildman–Crippen LogP) is 3.79. The van der Waals surface area contributed by atoms with Gasteiger partial charge in [-0.15, -0.1) is 0 Å². The van der Waals surface area contributed by atoms with Gasteiger partial charge in [-0.3, -0.25) is 9.98 Å². The number of benzene rings is 2. The Balaban J connectivity index is 1.50. The molecule has 0 aliphatic rings. The average molecular weight is 470 g/mol. The van der Waals surface area contributed by atoms with Gasteiger partial charge in [-0.2, -0.15) is 5.26 Å².